The van der Waals surface area contributed by atoms with E-state index < -0.39 is 12.1 Å². The Morgan fingerprint density at radius 3 is 2.29 bits per heavy atom. The number of nitrogens with zero attached hydrogens (tertiary/aromatic N) is 1. The van der Waals surface area contributed by atoms with E-state index in [1.54, 1.807) is 69.7 Å². The summed E-state index contributed by atoms with van der Waals surface area (Å²) in [5.41, 5.74) is 0.758. The molecule has 148 valence electrons. The molecule has 0 aromatic heterocycles. The predicted octanol–water partition coefficient (Wildman–Crippen LogP) is 3.30. The third-order valence-electron chi connectivity index (χ3n) is 3.98. The van der Waals surface area contributed by atoms with E-state index in [2.05, 4.69) is 0 Å². The maximum atomic E-state index is 12.6. The number of ether oxygens (including phenoxy) is 2. The fourth-order valence-corrected chi connectivity index (χ4v) is 3.32. The molecule has 6 nitrogen and oxygen atoms in total. The lowest BCUT2D eigenvalue weighted by molar-refractivity contribution is -0.125. The van der Waals surface area contributed by atoms with E-state index in [0.717, 1.165) is 0 Å². The summed E-state index contributed by atoms with van der Waals surface area (Å²) in [6.45, 7) is 1.54. The summed E-state index contributed by atoms with van der Waals surface area (Å²) < 4.78 is 10.4. The first-order chi connectivity index (χ1) is 13.3. The predicted molar refractivity (Wildman–Crippen MR) is 108 cm³/mol. The minimum absolute atomic E-state index is 0.0591. The minimum atomic E-state index is -0.942. The number of benzene rings is 2. The van der Waals surface area contributed by atoms with Crippen LogP contribution in [0.15, 0.2) is 53.4 Å². The lowest BCUT2D eigenvalue weighted by Crippen LogP contribution is -2.25. The first kappa shape index (κ1) is 21.5. The maximum Gasteiger partial charge on any atom is 0.339 e. The first-order valence-electron chi connectivity index (χ1n) is 8.64. The molecule has 1 amide bonds. The molecule has 0 fully saturated rings. The van der Waals surface area contributed by atoms with Crippen LogP contribution in [0.3, 0.4) is 0 Å². The third kappa shape index (κ3) is 5.60. The van der Waals surface area contributed by atoms with E-state index in [9.17, 15) is 14.4 Å². The fourth-order valence-electron chi connectivity index (χ4n) is 2.30. The van der Waals surface area contributed by atoms with E-state index in [0.29, 0.717) is 21.8 Å². The highest BCUT2D eigenvalue weighted by Gasteiger charge is 2.22. The van der Waals surface area contributed by atoms with Crippen molar-refractivity contribution < 1.29 is 23.9 Å². The Morgan fingerprint density at radius 1 is 1.04 bits per heavy atom. The van der Waals surface area contributed by atoms with E-state index in [1.165, 1.54) is 23.6 Å². The molecule has 0 aliphatic heterocycles. The van der Waals surface area contributed by atoms with Crippen molar-refractivity contribution in [3.8, 4) is 5.75 Å². The quantitative estimate of drug-likeness (QED) is 0.384. The number of rotatable bonds is 8. The molecule has 0 spiro atoms. The lowest BCUT2D eigenvalue weighted by atomic mass is 10.1. The Morgan fingerprint density at radius 2 is 1.68 bits per heavy atom. The Balaban J connectivity index is 2.07. The van der Waals surface area contributed by atoms with Crippen molar-refractivity contribution in [2.75, 3.05) is 27.0 Å². The van der Waals surface area contributed by atoms with Crippen LogP contribution in [0.2, 0.25) is 0 Å². The van der Waals surface area contributed by atoms with Gasteiger partial charge in [-0.05, 0) is 43.3 Å². The SMILES string of the molecule is COc1ccc(C(=O)[C@H](C)OC(=O)c2ccccc2SCC(=O)N(C)C)cc1. The van der Waals surface area contributed by atoms with Crippen LogP contribution in [-0.2, 0) is 9.53 Å². The molecule has 2 rings (SSSR count). The van der Waals surface area contributed by atoms with Gasteiger partial charge in [0.25, 0.3) is 0 Å². The number of carbonyl (C=O) groups is 3. The summed E-state index contributed by atoms with van der Waals surface area (Å²) in [7, 11) is 4.90. The van der Waals surface area contributed by atoms with Crippen molar-refractivity contribution in [2.24, 2.45) is 0 Å². The summed E-state index contributed by atoms with van der Waals surface area (Å²) >= 11 is 1.26. The number of hydrogen-bond acceptors (Lipinski definition) is 6. The van der Waals surface area contributed by atoms with Crippen LogP contribution in [0.25, 0.3) is 0 Å². The molecule has 2 aromatic carbocycles. The minimum Gasteiger partial charge on any atom is -0.497 e. The van der Waals surface area contributed by atoms with E-state index in [1.807, 2.05) is 0 Å². The smallest absolute Gasteiger partial charge is 0.339 e. The van der Waals surface area contributed by atoms with Crippen molar-refractivity contribution in [3.05, 3.63) is 59.7 Å². The molecule has 0 heterocycles. The zero-order chi connectivity index (χ0) is 20.7. The Bertz CT molecular complexity index is 848. The van der Waals surface area contributed by atoms with Crippen molar-refractivity contribution in [1.82, 2.24) is 4.90 Å². The van der Waals surface area contributed by atoms with Crippen LogP contribution in [0.4, 0.5) is 0 Å². The number of hydrogen-bond donors (Lipinski definition) is 0. The van der Waals surface area contributed by atoms with Gasteiger partial charge in [-0.25, -0.2) is 4.79 Å². The second-order valence-electron chi connectivity index (χ2n) is 6.21. The normalized spacial score (nSPS) is 11.4. The number of methoxy groups -OCH3 is 1. The van der Waals surface area contributed by atoms with Crippen LogP contribution in [-0.4, -0.2) is 55.6 Å². The van der Waals surface area contributed by atoms with Gasteiger partial charge in [-0.1, -0.05) is 12.1 Å². The van der Waals surface area contributed by atoms with Crippen molar-refractivity contribution in [1.29, 1.82) is 0 Å². The molecule has 0 saturated carbocycles. The largest absolute Gasteiger partial charge is 0.497 e. The zero-order valence-corrected chi connectivity index (χ0v) is 17.1. The summed E-state index contributed by atoms with van der Waals surface area (Å²) in [6.07, 6.45) is -0.942. The lowest BCUT2D eigenvalue weighted by Gasteiger charge is -2.15. The van der Waals surface area contributed by atoms with Gasteiger partial charge < -0.3 is 14.4 Å². The molecule has 1 atom stereocenters. The second-order valence-corrected chi connectivity index (χ2v) is 7.23. The van der Waals surface area contributed by atoms with Crippen LogP contribution in [0.1, 0.15) is 27.6 Å². The molecule has 2 aromatic rings. The van der Waals surface area contributed by atoms with Gasteiger partial charge in [-0.3, -0.25) is 9.59 Å². The van der Waals surface area contributed by atoms with Gasteiger partial charge in [0.05, 0.1) is 18.4 Å². The molecular weight excluding hydrogens is 378 g/mol. The van der Waals surface area contributed by atoms with E-state index >= 15 is 0 Å². The number of Topliss-reactive ketones (excluding diaryl/α,β-unsaturated/α-hetero) is 1. The molecule has 0 radical (unpaired) electrons. The molecule has 28 heavy (non-hydrogen) atoms. The summed E-state index contributed by atoms with van der Waals surface area (Å²) in [5.74, 6) is -0.119. The van der Waals surface area contributed by atoms with Crippen LogP contribution < -0.4 is 4.74 Å². The molecule has 0 unspecified atom stereocenters. The van der Waals surface area contributed by atoms with Gasteiger partial charge in [0.15, 0.2) is 6.10 Å². The number of ketones is 1. The molecule has 7 heteroatoms. The summed E-state index contributed by atoms with van der Waals surface area (Å²) in [5, 5.41) is 0. The van der Waals surface area contributed by atoms with Gasteiger partial charge in [0.2, 0.25) is 11.7 Å². The third-order valence-corrected chi connectivity index (χ3v) is 5.04. The maximum absolute atomic E-state index is 12.6. The van der Waals surface area contributed by atoms with Crippen LogP contribution >= 0.6 is 11.8 Å². The molecular formula is C21H23NO5S. The van der Waals surface area contributed by atoms with Gasteiger partial charge in [0, 0.05) is 24.6 Å². The standard InChI is InChI=1S/C21H23NO5S/c1-14(20(24)15-9-11-16(26-4)12-10-15)27-21(25)17-7-5-6-8-18(17)28-13-19(23)22(2)3/h5-12,14H,13H2,1-4H3/t14-/m0/s1. The van der Waals surface area contributed by atoms with E-state index in [4.69, 9.17) is 9.47 Å². The highest BCUT2D eigenvalue weighted by Crippen LogP contribution is 2.24. The summed E-state index contributed by atoms with van der Waals surface area (Å²) in [4.78, 5) is 39.0. The Kier molecular flexibility index (Phi) is 7.63. The highest BCUT2D eigenvalue weighted by atomic mass is 32.2. The number of thioether (sulfide) groups is 1. The average molecular weight is 401 g/mol. The van der Waals surface area contributed by atoms with Crippen molar-refractivity contribution >= 4 is 29.4 Å². The Labute approximate surface area is 168 Å². The van der Waals surface area contributed by atoms with Crippen LogP contribution in [0.5, 0.6) is 5.75 Å². The highest BCUT2D eigenvalue weighted by molar-refractivity contribution is 8.00. The molecule has 0 aliphatic carbocycles. The topological polar surface area (TPSA) is 72.9 Å². The monoisotopic (exact) mass is 401 g/mol. The molecule has 0 aliphatic rings. The van der Waals surface area contributed by atoms with Gasteiger partial charge in [0.1, 0.15) is 5.75 Å². The van der Waals surface area contributed by atoms with Gasteiger partial charge >= 0.3 is 5.97 Å². The molecule has 0 saturated heterocycles. The van der Waals surface area contributed by atoms with Gasteiger partial charge in [-0.2, -0.15) is 0 Å². The fraction of sp³-hybridized carbons (Fsp3) is 0.286. The van der Waals surface area contributed by atoms with Gasteiger partial charge in [-0.15, -0.1) is 11.8 Å². The first-order valence-corrected chi connectivity index (χ1v) is 9.63. The molecule has 0 N–H and O–H groups in total. The average Bonchev–Trinajstić information content (AvgIpc) is 2.71. The number of esters is 1. The van der Waals surface area contributed by atoms with Crippen LogP contribution in [0, 0.1) is 0 Å². The van der Waals surface area contributed by atoms with Crippen molar-refractivity contribution in [3.63, 3.8) is 0 Å². The number of amides is 1. The Hall–Kier alpha value is -2.80. The second kappa shape index (κ2) is 9.94. The summed E-state index contributed by atoms with van der Waals surface area (Å²) in [6, 6.07) is 13.5. The van der Waals surface area contributed by atoms with Crippen molar-refractivity contribution in [2.45, 2.75) is 17.9 Å². The number of carbonyl (C=O) groups excluding carboxylic acids is 3. The zero-order valence-electron chi connectivity index (χ0n) is 16.3. The molecule has 0 bridgehead atoms. The van der Waals surface area contributed by atoms with E-state index in [-0.39, 0.29) is 17.4 Å².